The lowest BCUT2D eigenvalue weighted by atomic mass is 9.97. The zero-order valence-corrected chi connectivity index (χ0v) is 15.8. The molecule has 1 fully saturated rings. The van der Waals surface area contributed by atoms with Crippen LogP contribution in [0.5, 0.6) is 0 Å². The van der Waals surface area contributed by atoms with Crippen molar-refractivity contribution in [2.45, 2.75) is 31.6 Å². The maximum atomic E-state index is 12.8. The molecule has 1 aliphatic heterocycles. The molecule has 3 rings (SSSR count). The van der Waals surface area contributed by atoms with Crippen molar-refractivity contribution >= 4 is 21.6 Å². The molecule has 1 aliphatic rings. The van der Waals surface area contributed by atoms with Crippen LogP contribution in [0.4, 0.5) is 5.69 Å². The first-order valence-electron chi connectivity index (χ1n) is 8.66. The van der Waals surface area contributed by atoms with Crippen LogP contribution in [-0.4, -0.2) is 36.7 Å². The normalized spacial score (nSPS) is 16.4. The second-order valence-corrected chi connectivity index (χ2v) is 8.59. The van der Waals surface area contributed by atoms with Crippen LogP contribution in [0.3, 0.4) is 0 Å². The minimum atomic E-state index is -3.52. The molecule has 1 saturated heterocycles. The Bertz CT molecular complexity index is 890. The first-order chi connectivity index (χ1) is 12.4. The van der Waals surface area contributed by atoms with E-state index < -0.39 is 10.0 Å². The Balaban J connectivity index is 1.64. The van der Waals surface area contributed by atoms with Gasteiger partial charge in [-0.05, 0) is 62.1 Å². The first-order valence-corrected chi connectivity index (χ1v) is 10.1. The number of nitrogens with one attached hydrogen (secondary N) is 1. The maximum Gasteiger partial charge on any atom is 0.243 e. The summed E-state index contributed by atoms with van der Waals surface area (Å²) in [5.74, 6) is -0.275. The van der Waals surface area contributed by atoms with E-state index >= 15 is 0 Å². The van der Waals surface area contributed by atoms with Crippen molar-refractivity contribution in [1.82, 2.24) is 9.29 Å². The fourth-order valence-electron chi connectivity index (χ4n) is 3.06. The zero-order chi connectivity index (χ0) is 18.7. The third-order valence-corrected chi connectivity index (χ3v) is 6.76. The highest BCUT2D eigenvalue weighted by atomic mass is 32.2. The number of pyridine rings is 1. The molecule has 138 valence electrons. The summed E-state index contributed by atoms with van der Waals surface area (Å²) in [6.07, 6.45) is 4.26. The van der Waals surface area contributed by atoms with Crippen LogP contribution in [0, 0.1) is 19.8 Å². The summed E-state index contributed by atoms with van der Waals surface area (Å²) < 4.78 is 27.1. The molecular weight excluding hydrogens is 350 g/mol. The van der Waals surface area contributed by atoms with Gasteiger partial charge in [0.05, 0.1) is 16.8 Å². The molecule has 7 heteroatoms. The van der Waals surface area contributed by atoms with E-state index in [1.165, 1.54) is 4.31 Å². The average molecular weight is 373 g/mol. The van der Waals surface area contributed by atoms with Crippen LogP contribution in [-0.2, 0) is 14.8 Å². The molecule has 0 unspecified atom stereocenters. The summed E-state index contributed by atoms with van der Waals surface area (Å²) >= 11 is 0. The van der Waals surface area contributed by atoms with Gasteiger partial charge < -0.3 is 5.32 Å². The van der Waals surface area contributed by atoms with Crippen molar-refractivity contribution in [1.29, 1.82) is 0 Å². The van der Waals surface area contributed by atoms with Gasteiger partial charge in [-0.15, -0.1) is 0 Å². The van der Waals surface area contributed by atoms with Crippen LogP contribution in [0.15, 0.2) is 47.6 Å². The molecule has 0 aliphatic carbocycles. The summed E-state index contributed by atoms with van der Waals surface area (Å²) in [5.41, 5.74) is 2.68. The highest BCUT2D eigenvalue weighted by molar-refractivity contribution is 7.89. The number of rotatable bonds is 4. The first kappa shape index (κ1) is 18.5. The largest absolute Gasteiger partial charge is 0.324 e. The third-order valence-electron chi connectivity index (χ3n) is 4.87. The molecular formula is C19H23N3O3S. The molecule has 26 heavy (non-hydrogen) atoms. The topological polar surface area (TPSA) is 79.4 Å². The van der Waals surface area contributed by atoms with Crippen molar-refractivity contribution < 1.29 is 13.2 Å². The Hall–Kier alpha value is -2.25. The van der Waals surface area contributed by atoms with Gasteiger partial charge in [0.1, 0.15) is 0 Å². The standard InChI is InChI=1S/C19H23N3O3S/c1-14-5-6-18(12-15(14)2)26(24,25)22-10-7-16(8-11-22)19(23)21-17-4-3-9-20-13-17/h3-6,9,12-13,16H,7-8,10-11H2,1-2H3,(H,21,23). The summed E-state index contributed by atoms with van der Waals surface area (Å²) in [6, 6.07) is 8.74. The maximum absolute atomic E-state index is 12.8. The summed E-state index contributed by atoms with van der Waals surface area (Å²) in [5, 5.41) is 2.84. The van der Waals surface area contributed by atoms with Gasteiger partial charge in [0.2, 0.25) is 15.9 Å². The number of nitrogens with zero attached hydrogens (tertiary/aromatic N) is 2. The second kappa shape index (κ2) is 7.55. The van der Waals surface area contributed by atoms with E-state index in [-0.39, 0.29) is 11.8 Å². The molecule has 0 saturated carbocycles. The molecule has 0 bridgehead atoms. The molecule has 0 atom stereocenters. The van der Waals surface area contributed by atoms with Gasteiger partial charge in [0.15, 0.2) is 0 Å². The lowest BCUT2D eigenvalue weighted by Crippen LogP contribution is -2.41. The van der Waals surface area contributed by atoms with Crippen molar-refractivity contribution in [2.75, 3.05) is 18.4 Å². The minimum Gasteiger partial charge on any atom is -0.324 e. The predicted molar refractivity (Wildman–Crippen MR) is 100 cm³/mol. The van der Waals surface area contributed by atoms with Gasteiger partial charge in [-0.1, -0.05) is 6.07 Å². The summed E-state index contributed by atoms with van der Waals surface area (Å²) in [7, 11) is -3.52. The van der Waals surface area contributed by atoms with Gasteiger partial charge in [-0.25, -0.2) is 8.42 Å². The Kier molecular flexibility index (Phi) is 5.38. The van der Waals surface area contributed by atoms with Crippen LogP contribution in [0.25, 0.3) is 0 Å². The molecule has 2 aromatic rings. The van der Waals surface area contributed by atoms with E-state index in [0.29, 0.717) is 36.5 Å². The monoisotopic (exact) mass is 373 g/mol. The van der Waals surface area contributed by atoms with Crippen LogP contribution >= 0.6 is 0 Å². The molecule has 0 radical (unpaired) electrons. The van der Waals surface area contributed by atoms with Gasteiger partial charge in [0, 0.05) is 25.2 Å². The van der Waals surface area contributed by atoms with Crippen molar-refractivity contribution in [3.63, 3.8) is 0 Å². The number of carbonyl (C=O) groups is 1. The zero-order valence-electron chi connectivity index (χ0n) is 15.0. The molecule has 2 heterocycles. The molecule has 1 amide bonds. The van der Waals surface area contributed by atoms with E-state index in [0.717, 1.165) is 11.1 Å². The van der Waals surface area contributed by atoms with Gasteiger partial charge in [-0.3, -0.25) is 9.78 Å². The van der Waals surface area contributed by atoms with Crippen molar-refractivity contribution in [3.05, 3.63) is 53.9 Å². The Labute approximate surface area is 154 Å². The second-order valence-electron chi connectivity index (χ2n) is 6.66. The minimum absolute atomic E-state index is 0.0822. The SMILES string of the molecule is Cc1ccc(S(=O)(=O)N2CCC(C(=O)Nc3cccnc3)CC2)cc1C. The molecule has 6 nitrogen and oxygen atoms in total. The van der Waals surface area contributed by atoms with Gasteiger partial charge in [-0.2, -0.15) is 4.31 Å². The molecule has 1 N–H and O–H groups in total. The highest BCUT2D eigenvalue weighted by Gasteiger charge is 2.32. The van der Waals surface area contributed by atoms with Gasteiger partial charge in [0.25, 0.3) is 0 Å². The average Bonchev–Trinajstić information content (AvgIpc) is 2.65. The number of carbonyl (C=O) groups excluding carboxylic acids is 1. The van der Waals surface area contributed by atoms with Crippen molar-refractivity contribution in [3.8, 4) is 0 Å². The number of benzene rings is 1. The number of anilines is 1. The van der Waals surface area contributed by atoms with Gasteiger partial charge >= 0.3 is 0 Å². The van der Waals surface area contributed by atoms with Crippen LogP contribution in [0.2, 0.25) is 0 Å². The Morgan fingerprint density at radius 2 is 1.88 bits per heavy atom. The number of aryl methyl sites for hydroxylation is 2. The van der Waals surface area contributed by atoms with E-state index in [4.69, 9.17) is 0 Å². The quantitative estimate of drug-likeness (QED) is 0.894. The number of sulfonamides is 1. The molecule has 0 spiro atoms. The van der Waals surface area contributed by atoms with Crippen LogP contribution < -0.4 is 5.32 Å². The molecule has 1 aromatic carbocycles. The summed E-state index contributed by atoms with van der Waals surface area (Å²) in [4.78, 5) is 16.7. The lowest BCUT2D eigenvalue weighted by molar-refractivity contribution is -0.120. The lowest BCUT2D eigenvalue weighted by Gasteiger charge is -2.30. The van der Waals surface area contributed by atoms with E-state index in [2.05, 4.69) is 10.3 Å². The number of piperidine rings is 1. The fraction of sp³-hybridized carbons (Fsp3) is 0.368. The van der Waals surface area contributed by atoms with E-state index in [9.17, 15) is 13.2 Å². The Morgan fingerprint density at radius 3 is 2.50 bits per heavy atom. The van der Waals surface area contributed by atoms with Crippen LogP contribution in [0.1, 0.15) is 24.0 Å². The highest BCUT2D eigenvalue weighted by Crippen LogP contribution is 2.25. The Morgan fingerprint density at radius 1 is 1.15 bits per heavy atom. The predicted octanol–water partition coefficient (Wildman–Crippen LogP) is 2.74. The molecule has 1 aromatic heterocycles. The number of hydrogen-bond donors (Lipinski definition) is 1. The fourth-order valence-corrected chi connectivity index (χ4v) is 4.62. The smallest absolute Gasteiger partial charge is 0.243 e. The number of aromatic nitrogens is 1. The van der Waals surface area contributed by atoms with E-state index in [1.807, 2.05) is 19.9 Å². The number of hydrogen-bond acceptors (Lipinski definition) is 4. The third kappa shape index (κ3) is 3.94. The van der Waals surface area contributed by atoms with E-state index in [1.54, 1.807) is 36.7 Å². The number of amides is 1. The van der Waals surface area contributed by atoms with Crippen molar-refractivity contribution in [2.24, 2.45) is 5.92 Å². The summed E-state index contributed by atoms with van der Waals surface area (Å²) in [6.45, 7) is 4.56.